The molecular formula is C13H7F3N2O3. The van der Waals surface area contributed by atoms with Crippen LogP contribution in [0.25, 0.3) is 0 Å². The molecule has 0 aliphatic carbocycles. The lowest BCUT2D eigenvalue weighted by Crippen LogP contribution is -2.16. The fourth-order valence-electron chi connectivity index (χ4n) is 1.50. The molecule has 0 saturated heterocycles. The van der Waals surface area contributed by atoms with Crippen LogP contribution in [-0.2, 0) is 0 Å². The van der Waals surface area contributed by atoms with Crippen LogP contribution < -0.4 is 5.32 Å². The minimum atomic E-state index is -1.65. The van der Waals surface area contributed by atoms with Gasteiger partial charge in [-0.2, -0.15) is 0 Å². The van der Waals surface area contributed by atoms with E-state index in [1.54, 1.807) is 0 Å². The molecule has 0 bridgehead atoms. The summed E-state index contributed by atoms with van der Waals surface area (Å²) in [4.78, 5) is 26.1. The summed E-state index contributed by atoms with van der Waals surface area (Å²) in [6.07, 6.45) is 0. The van der Waals surface area contributed by atoms with Crippen molar-refractivity contribution in [1.29, 1.82) is 0 Å². The van der Waals surface area contributed by atoms with E-state index in [4.69, 9.17) is 5.11 Å². The van der Waals surface area contributed by atoms with E-state index in [2.05, 4.69) is 10.3 Å². The predicted molar refractivity (Wildman–Crippen MR) is 65.5 cm³/mol. The SMILES string of the molecule is O=C(O)c1cccc(C(=O)Nc2cc(F)c(F)c(F)c2)n1. The number of pyridine rings is 1. The largest absolute Gasteiger partial charge is 0.477 e. The maximum absolute atomic E-state index is 13.0. The van der Waals surface area contributed by atoms with Gasteiger partial charge in [-0.15, -0.1) is 0 Å². The second-order valence-electron chi connectivity index (χ2n) is 3.92. The number of carboxylic acids is 1. The quantitative estimate of drug-likeness (QED) is 0.853. The van der Waals surface area contributed by atoms with Crippen LogP contribution >= 0.6 is 0 Å². The number of aromatic nitrogens is 1. The third-order valence-corrected chi connectivity index (χ3v) is 2.44. The Kier molecular flexibility index (Phi) is 3.88. The highest BCUT2D eigenvalue weighted by atomic mass is 19.2. The van der Waals surface area contributed by atoms with Crippen LogP contribution in [0.3, 0.4) is 0 Å². The summed E-state index contributed by atoms with van der Waals surface area (Å²) in [5, 5.41) is 10.8. The molecule has 0 aliphatic heterocycles. The van der Waals surface area contributed by atoms with Crippen molar-refractivity contribution in [3.05, 3.63) is 59.2 Å². The Morgan fingerprint density at radius 1 is 1.05 bits per heavy atom. The molecule has 1 amide bonds. The van der Waals surface area contributed by atoms with E-state index in [9.17, 15) is 22.8 Å². The highest BCUT2D eigenvalue weighted by Crippen LogP contribution is 2.17. The fraction of sp³-hybridized carbons (Fsp3) is 0. The van der Waals surface area contributed by atoms with Gasteiger partial charge >= 0.3 is 5.97 Å². The van der Waals surface area contributed by atoms with E-state index < -0.39 is 29.3 Å². The van der Waals surface area contributed by atoms with Crippen LogP contribution in [0.4, 0.5) is 18.9 Å². The maximum Gasteiger partial charge on any atom is 0.354 e. The van der Waals surface area contributed by atoms with Crippen molar-refractivity contribution >= 4 is 17.6 Å². The summed E-state index contributed by atoms with van der Waals surface area (Å²) in [5.74, 6) is -6.79. The lowest BCUT2D eigenvalue weighted by molar-refractivity contribution is 0.0690. The molecule has 0 spiro atoms. The molecule has 0 atom stereocenters. The number of halogens is 3. The van der Waals surface area contributed by atoms with Gasteiger partial charge in [0, 0.05) is 17.8 Å². The smallest absolute Gasteiger partial charge is 0.354 e. The number of nitrogens with zero attached hydrogens (tertiary/aromatic N) is 1. The second-order valence-corrected chi connectivity index (χ2v) is 3.92. The van der Waals surface area contributed by atoms with E-state index >= 15 is 0 Å². The minimum absolute atomic E-state index is 0.264. The number of nitrogens with one attached hydrogen (secondary N) is 1. The Bertz CT molecular complexity index is 711. The first-order valence-corrected chi connectivity index (χ1v) is 5.54. The Morgan fingerprint density at radius 2 is 1.62 bits per heavy atom. The van der Waals surface area contributed by atoms with E-state index in [1.165, 1.54) is 18.2 Å². The van der Waals surface area contributed by atoms with E-state index in [1.807, 2.05) is 0 Å². The maximum atomic E-state index is 13.0. The molecule has 0 radical (unpaired) electrons. The van der Waals surface area contributed by atoms with Gasteiger partial charge in [0.1, 0.15) is 11.4 Å². The zero-order chi connectivity index (χ0) is 15.6. The summed E-state index contributed by atoms with van der Waals surface area (Å²) in [7, 11) is 0. The Hall–Kier alpha value is -2.90. The zero-order valence-electron chi connectivity index (χ0n) is 10.2. The van der Waals surface area contributed by atoms with Gasteiger partial charge in [-0.25, -0.2) is 22.9 Å². The molecular weight excluding hydrogens is 289 g/mol. The van der Waals surface area contributed by atoms with Gasteiger partial charge in [0.2, 0.25) is 0 Å². The summed E-state index contributed by atoms with van der Waals surface area (Å²) >= 11 is 0. The molecule has 8 heteroatoms. The van der Waals surface area contributed by atoms with Gasteiger partial charge in [-0.1, -0.05) is 6.07 Å². The van der Waals surface area contributed by atoms with Crippen molar-refractivity contribution in [2.75, 3.05) is 5.32 Å². The third-order valence-electron chi connectivity index (χ3n) is 2.44. The molecule has 108 valence electrons. The van der Waals surface area contributed by atoms with Crippen LogP contribution in [0.2, 0.25) is 0 Å². The first-order chi connectivity index (χ1) is 9.88. The average molecular weight is 296 g/mol. The van der Waals surface area contributed by atoms with Crippen molar-refractivity contribution in [3.63, 3.8) is 0 Å². The Morgan fingerprint density at radius 3 is 2.19 bits per heavy atom. The van der Waals surface area contributed by atoms with Crippen molar-refractivity contribution in [3.8, 4) is 0 Å². The molecule has 2 N–H and O–H groups in total. The van der Waals surface area contributed by atoms with Gasteiger partial charge in [0.05, 0.1) is 0 Å². The first-order valence-electron chi connectivity index (χ1n) is 5.54. The van der Waals surface area contributed by atoms with E-state index in [0.29, 0.717) is 12.1 Å². The van der Waals surface area contributed by atoms with E-state index in [-0.39, 0.29) is 17.1 Å². The third kappa shape index (κ3) is 3.16. The van der Waals surface area contributed by atoms with Crippen LogP contribution in [0, 0.1) is 17.5 Å². The molecule has 1 aromatic carbocycles. The predicted octanol–water partition coefficient (Wildman–Crippen LogP) is 2.45. The second kappa shape index (κ2) is 5.61. The first kappa shape index (κ1) is 14.5. The number of amides is 1. The number of carbonyl (C=O) groups is 2. The molecule has 1 heterocycles. The molecule has 2 aromatic rings. The summed E-state index contributed by atoms with van der Waals surface area (Å²) in [6, 6.07) is 4.88. The number of anilines is 1. The number of hydrogen-bond acceptors (Lipinski definition) is 3. The van der Waals surface area contributed by atoms with Crippen LogP contribution in [-0.4, -0.2) is 22.0 Å². The van der Waals surface area contributed by atoms with Crippen LogP contribution in [0.15, 0.2) is 30.3 Å². The molecule has 0 saturated carbocycles. The highest BCUT2D eigenvalue weighted by Gasteiger charge is 2.15. The molecule has 0 aliphatic rings. The van der Waals surface area contributed by atoms with Crippen LogP contribution in [0.1, 0.15) is 21.0 Å². The standard InChI is InChI=1S/C13H7F3N2O3/c14-7-4-6(5-8(15)11(7)16)17-12(19)9-2-1-3-10(18-9)13(20)21/h1-5H,(H,17,19)(H,20,21). The Labute approximate surface area is 116 Å². The van der Waals surface area contributed by atoms with E-state index in [0.717, 1.165) is 0 Å². The van der Waals surface area contributed by atoms with Crippen molar-refractivity contribution in [2.24, 2.45) is 0 Å². The number of aromatic carboxylic acids is 1. The summed E-state index contributed by atoms with van der Waals surface area (Å²) in [5.41, 5.74) is -0.946. The summed E-state index contributed by atoms with van der Waals surface area (Å²) in [6.45, 7) is 0. The van der Waals surface area contributed by atoms with Gasteiger partial charge < -0.3 is 10.4 Å². The molecule has 1 aromatic heterocycles. The number of carbonyl (C=O) groups excluding carboxylic acids is 1. The minimum Gasteiger partial charge on any atom is -0.477 e. The average Bonchev–Trinajstić information content (AvgIpc) is 2.44. The number of benzene rings is 1. The molecule has 2 rings (SSSR count). The van der Waals surface area contributed by atoms with Crippen LogP contribution in [0.5, 0.6) is 0 Å². The summed E-state index contributed by atoms with van der Waals surface area (Å²) < 4.78 is 38.8. The van der Waals surface area contributed by atoms with Crippen molar-refractivity contribution in [1.82, 2.24) is 4.98 Å². The number of rotatable bonds is 3. The fourth-order valence-corrected chi connectivity index (χ4v) is 1.50. The monoisotopic (exact) mass is 296 g/mol. The molecule has 21 heavy (non-hydrogen) atoms. The number of carboxylic acid groups (broad SMARTS) is 1. The van der Waals surface area contributed by atoms with Crippen molar-refractivity contribution in [2.45, 2.75) is 0 Å². The number of hydrogen-bond donors (Lipinski definition) is 2. The lowest BCUT2D eigenvalue weighted by atomic mass is 10.2. The van der Waals surface area contributed by atoms with Gasteiger partial charge in [-0.05, 0) is 12.1 Å². The normalized spacial score (nSPS) is 10.2. The molecule has 0 unspecified atom stereocenters. The molecule has 5 nitrogen and oxygen atoms in total. The zero-order valence-corrected chi connectivity index (χ0v) is 10.2. The van der Waals surface area contributed by atoms with Gasteiger partial charge in [-0.3, -0.25) is 4.79 Å². The molecule has 0 fully saturated rings. The topological polar surface area (TPSA) is 79.3 Å². The van der Waals surface area contributed by atoms with Crippen molar-refractivity contribution < 1.29 is 27.9 Å². The lowest BCUT2D eigenvalue weighted by Gasteiger charge is -2.06. The van der Waals surface area contributed by atoms with Gasteiger partial charge in [0.25, 0.3) is 5.91 Å². The Balaban J connectivity index is 2.26. The highest BCUT2D eigenvalue weighted by molar-refractivity contribution is 6.03. The van der Waals surface area contributed by atoms with Gasteiger partial charge in [0.15, 0.2) is 17.5 Å².